The van der Waals surface area contributed by atoms with Gasteiger partial charge in [-0.25, -0.2) is 4.79 Å². The minimum Gasteiger partial charge on any atom is -0.443 e. The lowest BCUT2D eigenvalue weighted by Crippen LogP contribution is -2.16. The van der Waals surface area contributed by atoms with Crippen LogP contribution in [0.3, 0.4) is 0 Å². The zero-order valence-electron chi connectivity index (χ0n) is 13.2. The van der Waals surface area contributed by atoms with Gasteiger partial charge >= 0.3 is 6.09 Å². The van der Waals surface area contributed by atoms with E-state index in [-0.39, 0.29) is 12.2 Å². The van der Waals surface area contributed by atoms with Crippen molar-refractivity contribution < 1.29 is 9.53 Å². The summed E-state index contributed by atoms with van der Waals surface area (Å²) in [4.78, 5) is 11.0. The third kappa shape index (κ3) is 4.08. The lowest BCUT2D eigenvalue weighted by Gasteiger charge is -2.04. The molecule has 0 saturated carbocycles. The van der Waals surface area contributed by atoms with Crippen LogP contribution in [0.2, 0.25) is 0 Å². The van der Waals surface area contributed by atoms with Gasteiger partial charge in [0.1, 0.15) is 6.10 Å². The first-order valence-corrected chi connectivity index (χ1v) is 10.6. The van der Waals surface area contributed by atoms with Crippen molar-refractivity contribution in [3.8, 4) is 0 Å². The number of cyclic esters (lactones) is 1. The van der Waals surface area contributed by atoms with Crippen molar-refractivity contribution in [2.75, 3.05) is 12.3 Å². The van der Waals surface area contributed by atoms with Gasteiger partial charge in [0.15, 0.2) is 8.68 Å². The molecule has 1 fully saturated rings. The summed E-state index contributed by atoms with van der Waals surface area (Å²) in [6, 6.07) is 14.8. The highest BCUT2D eigenvalue weighted by molar-refractivity contribution is 8.02. The molecule has 25 heavy (non-hydrogen) atoms. The molecule has 1 aliphatic rings. The number of benzene rings is 2. The molecule has 1 aromatic heterocycles. The number of nitrogens with zero attached hydrogens (tertiary/aromatic N) is 2. The van der Waals surface area contributed by atoms with Gasteiger partial charge in [0, 0.05) is 11.5 Å². The second-order valence-corrected chi connectivity index (χ2v) is 8.95. The van der Waals surface area contributed by atoms with Crippen LogP contribution in [-0.4, -0.2) is 34.7 Å². The number of hydrogen-bond donors (Lipinski definition) is 1. The SMILES string of the molecule is O=C1NC[C@@H](CSc2nnc(SCc3cccc4ccccc34)s2)O1. The van der Waals surface area contributed by atoms with Crippen LogP contribution in [0.25, 0.3) is 10.8 Å². The summed E-state index contributed by atoms with van der Waals surface area (Å²) in [7, 11) is 0. The number of ether oxygens (including phenoxy) is 1. The smallest absolute Gasteiger partial charge is 0.407 e. The predicted molar refractivity (Wildman–Crippen MR) is 102 cm³/mol. The minimum absolute atomic E-state index is 0.0896. The maximum Gasteiger partial charge on any atom is 0.407 e. The summed E-state index contributed by atoms with van der Waals surface area (Å²) in [6.07, 6.45) is -0.428. The van der Waals surface area contributed by atoms with Crippen molar-refractivity contribution in [1.82, 2.24) is 15.5 Å². The van der Waals surface area contributed by atoms with E-state index in [0.29, 0.717) is 12.3 Å². The van der Waals surface area contributed by atoms with Gasteiger partial charge in [0.05, 0.1) is 6.54 Å². The predicted octanol–water partition coefficient (Wildman–Crippen LogP) is 4.18. The van der Waals surface area contributed by atoms with Crippen LogP contribution in [0.5, 0.6) is 0 Å². The molecule has 0 spiro atoms. The van der Waals surface area contributed by atoms with E-state index in [9.17, 15) is 4.79 Å². The topological polar surface area (TPSA) is 64.1 Å². The normalized spacial score (nSPS) is 16.8. The molecule has 8 heteroatoms. The summed E-state index contributed by atoms with van der Waals surface area (Å²) in [5.41, 5.74) is 1.30. The maximum absolute atomic E-state index is 11.0. The average Bonchev–Trinajstić information content (AvgIpc) is 3.27. The molecule has 5 nitrogen and oxygen atoms in total. The molecule has 1 amide bonds. The van der Waals surface area contributed by atoms with Gasteiger partial charge in [-0.05, 0) is 16.3 Å². The Kier molecular flexibility index (Phi) is 5.09. The Balaban J connectivity index is 1.35. The van der Waals surface area contributed by atoms with Crippen molar-refractivity contribution in [2.45, 2.75) is 20.5 Å². The monoisotopic (exact) mass is 389 g/mol. The van der Waals surface area contributed by atoms with Crippen molar-refractivity contribution in [3.05, 3.63) is 48.0 Å². The molecule has 0 unspecified atom stereocenters. The Bertz CT molecular complexity index is 894. The zero-order chi connectivity index (χ0) is 17.1. The summed E-state index contributed by atoms with van der Waals surface area (Å²) < 4.78 is 6.98. The summed E-state index contributed by atoms with van der Waals surface area (Å²) in [6.45, 7) is 0.563. The second kappa shape index (κ2) is 7.63. The number of aromatic nitrogens is 2. The fourth-order valence-electron chi connectivity index (χ4n) is 2.56. The molecule has 0 radical (unpaired) electrons. The minimum atomic E-state index is -0.339. The van der Waals surface area contributed by atoms with Crippen LogP contribution in [0.1, 0.15) is 5.56 Å². The Morgan fingerprint density at radius 2 is 1.92 bits per heavy atom. The number of alkyl carbamates (subject to hydrolysis) is 1. The van der Waals surface area contributed by atoms with Crippen LogP contribution in [0, 0.1) is 0 Å². The van der Waals surface area contributed by atoms with E-state index in [1.165, 1.54) is 16.3 Å². The van der Waals surface area contributed by atoms with Crippen LogP contribution in [0.4, 0.5) is 4.79 Å². The molecule has 1 N–H and O–H groups in total. The Labute approximate surface area is 157 Å². The number of rotatable bonds is 6. The van der Waals surface area contributed by atoms with Crippen LogP contribution in [-0.2, 0) is 10.5 Å². The number of carbonyl (C=O) groups excluding carboxylic acids is 1. The van der Waals surface area contributed by atoms with Crippen molar-refractivity contribution in [1.29, 1.82) is 0 Å². The quantitative estimate of drug-likeness (QED) is 0.638. The van der Waals surface area contributed by atoms with Crippen LogP contribution in [0.15, 0.2) is 51.1 Å². The standard InChI is InChI=1S/C17H15N3O2S3/c21-15-18-8-13(22-15)10-24-17-20-19-16(25-17)23-9-12-6-3-5-11-4-1-2-7-14(11)12/h1-7,13H,8-10H2,(H,18,21)/t13-/m0/s1. The van der Waals surface area contributed by atoms with Gasteiger partial charge in [0.25, 0.3) is 0 Å². The largest absolute Gasteiger partial charge is 0.443 e. The molecule has 128 valence electrons. The van der Waals surface area contributed by atoms with Gasteiger partial charge in [-0.3, -0.25) is 0 Å². The summed E-state index contributed by atoms with van der Waals surface area (Å²) in [5, 5.41) is 13.7. The summed E-state index contributed by atoms with van der Waals surface area (Å²) >= 11 is 4.87. The summed E-state index contributed by atoms with van der Waals surface area (Å²) in [5.74, 6) is 1.56. The fourth-order valence-corrected chi connectivity index (χ4v) is 5.60. The van der Waals surface area contributed by atoms with Gasteiger partial charge < -0.3 is 10.1 Å². The fraction of sp³-hybridized carbons (Fsp3) is 0.235. The number of thioether (sulfide) groups is 2. The van der Waals surface area contributed by atoms with E-state index in [1.807, 2.05) is 0 Å². The molecule has 0 aliphatic carbocycles. The van der Waals surface area contributed by atoms with Gasteiger partial charge in [-0.1, -0.05) is 77.3 Å². The molecular weight excluding hydrogens is 374 g/mol. The third-order valence-electron chi connectivity index (χ3n) is 3.76. The highest BCUT2D eigenvalue weighted by Gasteiger charge is 2.23. The number of fused-ring (bicyclic) bond motifs is 1. The molecule has 3 aromatic rings. The molecular formula is C17H15N3O2S3. The molecule has 1 atom stereocenters. The first-order valence-electron chi connectivity index (χ1n) is 7.78. The van der Waals surface area contributed by atoms with Crippen LogP contribution < -0.4 is 5.32 Å². The lowest BCUT2D eigenvalue weighted by atomic mass is 10.1. The molecule has 4 rings (SSSR count). The first-order chi connectivity index (χ1) is 12.3. The highest BCUT2D eigenvalue weighted by Crippen LogP contribution is 2.32. The third-order valence-corrected chi connectivity index (χ3v) is 7.13. The second-order valence-electron chi connectivity index (χ2n) is 5.48. The maximum atomic E-state index is 11.0. The van der Waals surface area contributed by atoms with Crippen molar-refractivity contribution in [3.63, 3.8) is 0 Å². The van der Waals surface area contributed by atoms with E-state index in [2.05, 4.69) is 58.0 Å². The zero-order valence-corrected chi connectivity index (χ0v) is 15.6. The Hall–Kier alpha value is -1.77. The van der Waals surface area contributed by atoms with Gasteiger partial charge in [0.2, 0.25) is 0 Å². The van der Waals surface area contributed by atoms with E-state index < -0.39 is 0 Å². The number of carbonyl (C=O) groups is 1. The van der Waals surface area contributed by atoms with Crippen molar-refractivity contribution in [2.24, 2.45) is 0 Å². The van der Waals surface area contributed by atoms with Crippen molar-refractivity contribution >= 4 is 51.7 Å². The number of amides is 1. The molecule has 2 heterocycles. The highest BCUT2D eigenvalue weighted by atomic mass is 32.2. The van der Waals surface area contributed by atoms with Gasteiger partial charge in [-0.15, -0.1) is 10.2 Å². The van der Waals surface area contributed by atoms with Gasteiger partial charge in [-0.2, -0.15) is 0 Å². The molecule has 2 aromatic carbocycles. The van der Waals surface area contributed by atoms with E-state index >= 15 is 0 Å². The average molecular weight is 390 g/mol. The molecule has 0 bridgehead atoms. The molecule has 1 saturated heterocycles. The Morgan fingerprint density at radius 3 is 2.76 bits per heavy atom. The van der Waals surface area contributed by atoms with E-state index in [1.54, 1.807) is 34.9 Å². The van der Waals surface area contributed by atoms with E-state index in [4.69, 9.17) is 4.74 Å². The number of nitrogens with one attached hydrogen (secondary N) is 1. The van der Waals surface area contributed by atoms with Crippen LogP contribution >= 0.6 is 34.9 Å². The molecule has 1 aliphatic heterocycles. The first kappa shape index (κ1) is 16.7. The lowest BCUT2D eigenvalue weighted by molar-refractivity contribution is 0.150. The Morgan fingerprint density at radius 1 is 1.12 bits per heavy atom. The van der Waals surface area contributed by atoms with E-state index in [0.717, 1.165) is 14.4 Å². The number of hydrogen-bond acceptors (Lipinski definition) is 7.